The van der Waals surface area contributed by atoms with Gasteiger partial charge in [-0.15, -0.1) is 0 Å². The summed E-state index contributed by atoms with van der Waals surface area (Å²) in [5, 5.41) is 0. The number of nitrogens with zero attached hydrogens (tertiary/aromatic N) is 1. The number of rotatable bonds is 1. The Morgan fingerprint density at radius 3 is 2.71 bits per heavy atom. The molecule has 1 fully saturated rings. The van der Waals surface area contributed by atoms with Crippen molar-refractivity contribution in [2.75, 3.05) is 6.54 Å². The summed E-state index contributed by atoms with van der Waals surface area (Å²) in [5.74, 6) is 0.191. The minimum absolute atomic E-state index is 0.191. The molecule has 1 amide bonds. The maximum Gasteiger partial charge on any atom is 0.219 e. The fourth-order valence-electron chi connectivity index (χ4n) is 2.17. The van der Waals surface area contributed by atoms with Crippen molar-refractivity contribution in [1.82, 2.24) is 4.90 Å². The summed E-state index contributed by atoms with van der Waals surface area (Å²) in [7, 11) is 0. The molecule has 2 heteroatoms. The first kappa shape index (κ1) is 9.25. The molecule has 14 heavy (non-hydrogen) atoms. The lowest BCUT2D eigenvalue weighted by molar-refractivity contribution is -0.129. The topological polar surface area (TPSA) is 20.3 Å². The number of carbonyl (C=O) groups excluding carboxylic acids is 1. The Kier molecular flexibility index (Phi) is 2.53. The second-order valence-corrected chi connectivity index (χ2v) is 3.78. The van der Waals surface area contributed by atoms with Crippen molar-refractivity contribution >= 4 is 5.91 Å². The average Bonchev–Trinajstić information content (AvgIpc) is 2.67. The van der Waals surface area contributed by atoms with Crippen molar-refractivity contribution in [3.8, 4) is 0 Å². The molecule has 0 unspecified atom stereocenters. The molecule has 1 aliphatic rings. The first-order valence-electron chi connectivity index (χ1n) is 5.11. The van der Waals surface area contributed by atoms with Crippen molar-refractivity contribution in [3.63, 3.8) is 0 Å². The second kappa shape index (κ2) is 3.82. The number of hydrogen-bond donors (Lipinski definition) is 0. The molecule has 1 aromatic rings. The van der Waals surface area contributed by atoms with Gasteiger partial charge in [-0.1, -0.05) is 30.3 Å². The van der Waals surface area contributed by atoms with Crippen LogP contribution >= 0.6 is 0 Å². The molecule has 0 spiro atoms. The van der Waals surface area contributed by atoms with Crippen LogP contribution in [0.3, 0.4) is 0 Å². The van der Waals surface area contributed by atoms with Gasteiger partial charge in [-0.05, 0) is 18.4 Å². The normalized spacial score (nSPS) is 21.2. The van der Waals surface area contributed by atoms with Crippen molar-refractivity contribution in [2.24, 2.45) is 0 Å². The monoisotopic (exact) mass is 189 g/mol. The van der Waals surface area contributed by atoms with Gasteiger partial charge in [0, 0.05) is 13.5 Å². The van der Waals surface area contributed by atoms with Crippen LogP contribution in [0.15, 0.2) is 30.3 Å². The van der Waals surface area contributed by atoms with Gasteiger partial charge in [0.2, 0.25) is 5.91 Å². The number of likely N-dealkylation sites (tertiary alicyclic amines) is 1. The molecule has 1 aliphatic heterocycles. The van der Waals surface area contributed by atoms with E-state index in [1.54, 1.807) is 6.92 Å². The zero-order valence-electron chi connectivity index (χ0n) is 8.44. The van der Waals surface area contributed by atoms with Crippen LogP contribution in [-0.4, -0.2) is 17.4 Å². The van der Waals surface area contributed by atoms with Crippen LogP contribution in [0, 0.1) is 0 Å². The van der Waals surface area contributed by atoms with E-state index in [9.17, 15) is 4.79 Å². The van der Waals surface area contributed by atoms with Crippen molar-refractivity contribution in [3.05, 3.63) is 35.9 Å². The molecule has 2 nitrogen and oxygen atoms in total. The number of benzene rings is 1. The second-order valence-electron chi connectivity index (χ2n) is 3.78. The fraction of sp³-hybridized carbons (Fsp3) is 0.417. The van der Waals surface area contributed by atoms with E-state index < -0.39 is 0 Å². The molecule has 74 valence electrons. The maximum absolute atomic E-state index is 11.4. The van der Waals surface area contributed by atoms with E-state index in [2.05, 4.69) is 12.1 Å². The molecule has 1 saturated heterocycles. The number of hydrogen-bond acceptors (Lipinski definition) is 1. The van der Waals surface area contributed by atoms with E-state index in [1.807, 2.05) is 23.1 Å². The van der Waals surface area contributed by atoms with E-state index in [-0.39, 0.29) is 5.91 Å². The zero-order valence-corrected chi connectivity index (χ0v) is 8.44. The maximum atomic E-state index is 11.4. The molecule has 1 heterocycles. The highest BCUT2D eigenvalue weighted by Gasteiger charge is 2.27. The molecule has 0 N–H and O–H groups in total. The van der Waals surface area contributed by atoms with Gasteiger partial charge >= 0.3 is 0 Å². The van der Waals surface area contributed by atoms with Gasteiger partial charge in [-0.2, -0.15) is 0 Å². The summed E-state index contributed by atoms with van der Waals surface area (Å²) in [6.45, 7) is 2.57. The first-order valence-corrected chi connectivity index (χ1v) is 5.11. The Balaban J connectivity index is 2.22. The highest BCUT2D eigenvalue weighted by molar-refractivity contribution is 5.74. The van der Waals surface area contributed by atoms with Crippen LogP contribution in [0.4, 0.5) is 0 Å². The fourth-order valence-corrected chi connectivity index (χ4v) is 2.17. The molecule has 2 rings (SSSR count). The summed E-state index contributed by atoms with van der Waals surface area (Å²) in [5.41, 5.74) is 1.26. The summed E-state index contributed by atoms with van der Waals surface area (Å²) in [6, 6.07) is 10.6. The minimum atomic E-state index is 0.191. The Hall–Kier alpha value is -1.31. The lowest BCUT2D eigenvalue weighted by atomic mass is 10.0. The van der Waals surface area contributed by atoms with Gasteiger partial charge in [-0.25, -0.2) is 0 Å². The quantitative estimate of drug-likeness (QED) is 0.664. The smallest absolute Gasteiger partial charge is 0.219 e. The van der Waals surface area contributed by atoms with Crippen LogP contribution in [0.1, 0.15) is 31.4 Å². The molecule has 1 aromatic carbocycles. The molecule has 0 aromatic heterocycles. The molecular formula is C12H15NO. The van der Waals surface area contributed by atoms with Crippen LogP contribution in [0.25, 0.3) is 0 Å². The van der Waals surface area contributed by atoms with Crippen LogP contribution < -0.4 is 0 Å². The van der Waals surface area contributed by atoms with Gasteiger partial charge in [0.15, 0.2) is 0 Å². The Morgan fingerprint density at radius 2 is 2.07 bits per heavy atom. The standard InChI is InChI=1S/C12H15NO/c1-10(14)13-9-5-8-12(13)11-6-3-2-4-7-11/h2-4,6-7,12H,5,8-9H2,1H3/t12-/m0/s1. The SMILES string of the molecule is CC(=O)N1CCC[C@H]1c1ccccc1. The van der Waals surface area contributed by atoms with Gasteiger partial charge in [0.25, 0.3) is 0 Å². The third-order valence-corrected chi connectivity index (χ3v) is 2.84. The molecule has 0 saturated carbocycles. The van der Waals surface area contributed by atoms with Gasteiger partial charge in [0.1, 0.15) is 0 Å². The molecule has 1 atom stereocenters. The number of carbonyl (C=O) groups is 1. The van der Waals surface area contributed by atoms with Gasteiger partial charge in [0.05, 0.1) is 6.04 Å². The zero-order chi connectivity index (χ0) is 9.97. The summed E-state index contributed by atoms with van der Waals surface area (Å²) in [6.07, 6.45) is 2.22. The van der Waals surface area contributed by atoms with E-state index in [4.69, 9.17) is 0 Å². The molecular weight excluding hydrogens is 174 g/mol. The van der Waals surface area contributed by atoms with Crippen LogP contribution in [-0.2, 0) is 4.79 Å². The van der Waals surface area contributed by atoms with E-state index in [1.165, 1.54) is 5.56 Å². The number of amides is 1. The largest absolute Gasteiger partial charge is 0.336 e. The molecule has 0 aliphatic carbocycles. The Morgan fingerprint density at radius 1 is 1.36 bits per heavy atom. The highest BCUT2D eigenvalue weighted by atomic mass is 16.2. The van der Waals surface area contributed by atoms with Crippen molar-refractivity contribution < 1.29 is 4.79 Å². The highest BCUT2D eigenvalue weighted by Crippen LogP contribution is 2.31. The van der Waals surface area contributed by atoms with Crippen molar-refractivity contribution in [2.45, 2.75) is 25.8 Å². The summed E-state index contributed by atoms with van der Waals surface area (Å²) in [4.78, 5) is 13.3. The summed E-state index contributed by atoms with van der Waals surface area (Å²) < 4.78 is 0. The third kappa shape index (κ3) is 1.65. The van der Waals surface area contributed by atoms with Crippen LogP contribution in [0.2, 0.25) is 0 Å². The Labute approximate surface area is 84.5 Å². The van der Waals surface area contributed by atoms with Crippen LogP contribution in [0.5, 0.6) is 0 Å². The minimum Gasteiger partial charge on any atom is -0.336 e. The van der Waals surface area contributed by atoms with E-state index in [0.717, 1.165) is 19.4 Å². The summed E-state index contributed by atoms with van der Waals surface area (Å²) >= 11 is 0. The van der Waals surface area contributed by atoms with Gasteiger partial charge < -0.3 is 4.90 Å². The first-order chi connectivity index (χ1) is 6.79. The predicted octanol–water partition coefficient (Wildman–Crippen LogP) is 2.37. The lowest BCUT2D eigenvalue weighted by Crippen LogP contribution is -2.27. The third-order valence-electron chi connectivity index (χ3n) is 2.84. The molecule has 0 bridgehead atoms. The average molecular weight is 189 g/mol. The predicted molar refractivity (Wildman–Crippen MR) is 55.8 cm³/mol. The molecule has 0 radical (unpaired) electrons. The lowest BCUT2D eigenvalue weighted by Gasteiger charge is -2.23. The van der Waals surface area contributed by atoms with Crippen molar-refractivity contribution in [1.29, 1.82) is 0 Å². The van der Waals surface area contributed by atoms with E-state index >= 15 is 0 Å². The Bertz CT molecular complexity index is 320. The van der Waals surface area contributed by atoms with Gasteiger partial charge in [-0.3, -0.25) is 4.79 Å². The van der Waals surface area contributed by atoms with E-state index in [0.29, 0.717) is 6.04 Å².